The van der Waals surface area contributed by atoms with E-state index in [0.29, 0.717) is 32.7 Å². The Morgan fingerprint density at radius 1 is 1.35 bits per heavy atom. The summed E-state index contributed by atoms with van der Waals surface area (Å²) in [5.41, 5.74) is -1.28. The van der Waals surface area contributed by atoms with Crippen LogP contribution in [0.1, 0.15) is 30.5 Å². The summed E-state index contributed by atoms with van der Waals surface area (Å²) in [6, 6.07) is 3.74. The summed E-state index contributed by atoms with van der Waals surface area (Å²) in [7, 11) is 0. The van der Waals surface area contributed by atoms with Crippen LogP contribution in [-0.4, -0.2) is 36.4 Å². The van der Waals surface area contributed by atoms with Gasteiger partial charge in [-0.15, -0.1) is 0 Å². The highest BCUT2D eigenvalue weighted by Gasteiger charge is 2.41. The van der Waals surface area contributed by atoms with Crippen LogP contribution >= 0.6 is 0 Å². The van der Waals surface area contributed by atoms with Crippen molar-refractivity contribution in [2.24, 2.45) is 0 Å². The number of rotatable bonds is 2. The summed E-state index contributed by atoms with van der Waals surface area (Å²) in [5.74, 6) is -0.0247. The minimum Gasteiger partial charge on any atom is -0.378 e. The van der Waals surface area contributed by atoms with Crippen molar-refractivity contribution >= 4 is 5.82 Å². The molecule has 124 valence electrons. The smallest absolute Gasteiger partial charge is 0.378 e. The van der Waals surface area contributed by atoms with Crippen LogP contribution in [0.3, 0.4) is 0 Å². The lowest BCUT2D eigenvalue weighted by molar-refractivity contribution is -0.141. The van der Waals surface area contributed by atoms with Gasteiger partial charge in [0.15, 0.2) is 0 Å². The molecule has 2 aliphatic heterocycles. The van der Waals surface area contributed by atoms with Crippen molar-refractivity contribution in [3.05, 3.63) is 23.4 Å². The molecule has 0 unspecified atom stereocenters. The number of aromatic nitrogens is 1. The molecule has 8 heteroatoms. The molecule has 3 rings (SSSR count). The topological polar surface area (TPSA) is 67.2 Å². The predicted octanol–water partition coefficient (Wildman–Crippen LogP) is 2.72. The molecule has 1 aromatic rings. The number of nitriles is 1. The third-order valence-electron chi connectivity index (χ3n) is 4.21. The van der Waals surface area contributed by atoms with E-state index in [9.17, 15) is 13.2 Å². The zero-order valence-electron chi connectivity index (χ0n) is 12.3. The lowest BCUT2D eigenvalue weighted by Gasteiger charge is -2.37. The van der Waals surface area contributed by atoms with Gasteiger partial charge in [-0.05, 0) is 25.0 Å². The van der Waals surface area contributed by atoms with Crippen LogP contribution < -0.4 is 5.32 Å². The quantitative estimate of drug-likeness (QED) is 0.905. The van der Waals surface area contributed by atoms with Crippen LogP contribution in [0.4, 0.5) is 19.0 Å². The zero-order chi connectivity index (χ0) is 16.5. The van der Waals surface area contributed by atoms with Crippen molar-refractivity contribution in [2.45, 2.75) is 37.1 Å². The number of pyridine rings is 1. The van der Waals surface area contributed by atoms with Gasteiger partial charge >= 0.3 is 6.18 Å². The van der Waals surface area contributed by atoms with Crippen LogP contribution in [0.25, 0.3) is 0 Å². The number of halogens is 3. The first-order valence-electron chi connectivity index (χ1n) is 7.38. The molecule has 5 nitrogen and oxygen atoms in total. The summed E-state index contributed by atoms with van der Waals surface area (Å²) < 4.78 is 49.6. The number of ether oxygens (including phenoxy) is 2. The van der Waals surface area contributed by atoms with Gasteiger partial charge < -0.3 is 14.8 Å². The van der Waals surface area contributed by atoms with E-state index in [-0.39, 0.29) is 23.0 Å². The Bertz CT molecular complexity index is 621. The molecule has 1 spiro atoms. The van der Waals surface area contributed by atoms with Crippen molar-refractivity contribution in [1.82, 2.24) is 4.98 Å². The average Bonchev–Trinajstić information content (AvgIpc) is 2.94. The number of anilines is 1. The first-order valence-corrected chi connectivity index (χ1v) is 7.38. The van der Waals surface area contributed by atoms with Gasteiger partial charge in [-0.25, -0.2) is 4.98 Å². The molecule has 0 amide bonds. The van der Waals surface area contributed by atoms with Crippen LogP contribution in [0, 0.1) is 11.3 Å². The maximum Gasteiger partial charge on any atom is 0.433 e. The highest BCUT2D eigenvalue weighted by atomic mass is 19.4. The van der Waals surface area contributed by atoms with Crippen molar-refractivity contribution in [1.29, 1.82) is 5.26 Å². The molecule has 0 radical (unpaired) electrons. The fraction of sp³-hybridized carbons (Fsp3) is 0.600. The fourth-order valence-corrected chi connectivity index (χ4v) is 3.02. The standard InChI is InChI=1S/C15H16F3N3O2/c16-15(17,18)12-2-1-10(8-19)13(21-12)20-11-3-5-23-14(7-11)4-6-22-9-14/h1-2,11H,3-7,9H2,(H,20,21)/t11-,14+/m0/s1. The molecule has 23 heavy (non-hydrogen) atoms. The van der Waals surface area contributed by atoms with E-state index < -0.39 is 11.9 Å². The summed E-state index contributed by atoms with van der Waals surface area (Å²) in [5, 5.41) is 12.1. The predicted molar refractivity (Wildman–Crippen MR) is 74.7 cm³/mol. The van der Waals surface area contributed by atoms with Gasteiger partial charge in [-0.2, -0.15) is 18.4 Å². The van der Waals surface area contributed by atoms with E-state index in [1.54, 1.807) is 0 Å². The largest absolute Gasteiger partial charge is 0.433 e. The summed E-state index contributed by atoms with van der Waals surface area (Å²) in [4.78, 5) is 3.59. The Kier molecular flexibility index (Phi) is 4.17. The van der Waals surface area contributed by atoms with Gasteiger partial charge in [0.05, 0.1) is 17.8 Å². The molecule has 0 saturated carbocycles. The Labute approximate surface area is 131 Å². The second-order valence-electron chi connectivity index (χ2n) is 5.87. The lowest BCUT2D eigenvalue weighted by Crippen LogP contribution is -2.45. The van der Waals surface area contributed by atoms with E-state index in [0.717, 1.165) is 18.6 Å². The van der Waals surface area contributed by atoms with Crippen molar-refractivity contribution < 1.29 is 22.6 Å². The number of hydrogen-bond donors (Lipinski definition) is 1. The molecule has 0 aliphatic carbocycles. The number of alkyl halides is 3. The fourth-order valence-electron chi connectivity index (χ4n) is 3.02. The van der Waals surface area contributed by atoms with Crippen LogP contribution in [0.15, 0.2) is 12.1 Å². The van der Waals surface area contributed by atoms with Crippen molar-refractivity contribution in [3.63, 3.8) is 0 Å². The Balaban J connectivity index is 1.80. The highest BCUT2D eigenvalue weighted by molar-refractivity contribution is 5.53. The van der Waals surface area contributed by atoms with E-state index in [1.807, 2.05) is 6.07 Å². The highest BCUT2D eigenvalue weighted by Crippen LogP contribution is 2.35. The third kappa shape index (κ3) is 3.41. The van der Waals surface area contributed by atoms with Crippen LogP contribution in [-0.2, 0) is 15.7 Å². The first kappa shape index (κ1) is 16.0. The van der Waals surface area contributed by atoms with Crippen molar-refractivity contribution in [2.75, 3.05) is 25.1 Å². The molecule has 2 aliphatic rings. The van der Waals surface area contributed by atoms with Crippen LogP contribution in [0.2, 0.25) is 0 Å². The van der Waals surface area contributed by atoms with Crippen molar-refractivity contribution in [3.8, 4) is 6.07 Å². The van der Waals surface area contributed by atoms with Gasteiger partial charge in [0.1, 0.15) is 17.6 Å². The van der Waals surface area contributed by atoms with Gasteiger partial charge in [0, 0.05) is 25.7 Å². The second kappa shape index (κ2) is 5.98. The number of nitrogens with one attached hydrogen (secondary N) is 1. The zero-order valence-corrected chi connectivity index (χ0v) is 12.3. The maximum absolute atomic E-state index is 12.8. The first-order chi connectivity index (χ1) is 10.9. The van der Waals surface area contributed by atoms with Gasteiger partial charge in [0.25, 0.3) is 0 Å². The van der Waals surface area contributed by atoms with E-state index >= 15 is 0 Å². The summed E-state index contributed by atoms with van der Waals surface area (Å²) >= 11 is 0. The number of hydrogen-bond acceptors (Lipinski definition) is 5. The van der Waals surface area contributed by atoms with E-state index in [4.69, 9.17) is 14.7 Å². The average molecular weight is 327 g/mol. The summed E-state index contributed by atoms with van der Waals surface area (Å²) in [6.07, 6.45) is -2.51. The molecule has 2 fully saturated rings. The van der Waals surface area contributed by atoms with Gasteiger partial charge in [-0.1, -0.05) is 0 Å². The number of nitrogens with zero attached hydrogens (tertiary/aromatic N) is 2. The van der Waals surface area contributed by atoms with Gasteiger partial charge in [0.2, 0.25) is 0 Å². The molecule has 1 N–H and O–H groups in total. The second-order valence-corrected chi connectivity index (χ2v) is 5.87. The molecular weight excluding hydrogens is 311 g/mol. The lowest BCUT2D eigenvalue weighted by atomic mass is 9.89. The summed E-state index contributed by atoms with van der Waals surface area (Å²) in [6.45, 7) is 1.62. The van der Waals surface area contributed by atoms with E-state index in [1.165, 1.54) is 0 Å². The molecule has 1 aromatic heterocycles. The van der Waals surface area contributed by atoms with Crippen LogP contribution in [0.5, 0.6) is 0 Å². The molecular formula is C15H16F3N3O2. The maximum atomic E-state index is 12.8. The van der Waals surface area contributed by atoms with Gasteiger partial charge in [-0.3, -0.25) is 0 Å². The minimum atomic E-state index is -4.54. The Morgan fingerprint density at radius 3 is 2.83 bits per heavy atom. The monoisotopic (exact) mass is 327 g/mol. The normalized spacial score (nSPS) is 27.8. The Morgan fingerprint density at radius 2 is 2.17 bits per heavy atom. The molecule has 2 saturated heterocycles. The Hall–Kier alpha value is -1.85. The minimum absolute atomic E-state index is 0.0247. The van der Waals surface area contributed by atoms with E-state index in [2.05, 4.69) is 10.3 Å². The molecule has 0 bridgehead atoms. The SMILES string of the molecule is N#Cc1ccc(C(F)(F)F)nc1N[C@H]1CCO[C@]2(CCOC2)C1. The molecule has 0 aromatic carbocycles. The molecule has 2 atom stereocenters. The third-order valence-corrected chi connectivity index (χ3v) is 4.21. The molecule has 3 heterocycles.